The van der Waals surface area contributed by atoms with E-state index in [1.165, 1.54) is 0 Å². The molecule has 5 nitrogen and oxygen atoms in total. The standard InChI is InChI=1S/C14H22N2O3/c1-3-6-12-9-11(14(17)18)10-13(16-12)15-7-4-5-8-19-2/h9-10H,3-8H2,1-2H3,(H,15,16)(H,17,18). The van der Waals surface area contributed by atoms with Crippen molar-refractivity contribution in [3.63, 3.8) is 0 Å². The summed E-state index contributed by atoms with van der Waals surface area (Å²) in [4.78, 5) is 15.5. The first-order valence-corrected chi connectivity index (χ1v) is 6.64. The van der Waals surface area contributed by atoms with Gasteiger partial charge in [0.2, 0.25) is 0 Å². The molecule has 0 aromatic carbocycles. The van der Waals surface area contributed by atoms with E-state index in [4.69, 9.17) is 9.84 Å². The van der Waals surface area contributed by atoms with E-state index < -0.39 is 5.97 Å². The van der Waals surface area contributed by atoms with Gasteiger partial charge in [0.1, 0.15) is 5.82 Å². The SMILES string of the molecule is CCCc1cc(C(=O)O)cc(NCCCCOC)n1. The number of hydrogen-bond acceptors (Lipinski definition) is 4. The van der Waals surface area contributed by atoms with Crippen LogP contribution in [0, 0.1) is 0 Å². The topological polar surface area (TPSA) is 71.5 Å². The molecule has 0 radical (unpaired) electrons. The van der Waals surface area contributed by atoms with Crippen LogP contribution in [0.4, 0.5) is 5.82 Å². The maximum absolute atomic E-state index is 11.1. The Morgan fingerprint density at radius 3 is 2.84 bits per heavy atom. The lowest BCUT2D eigenvalue weighted by Crippen LogP contribution is -2.08. The van der Waals surface area contributed by atoms with Crippen LogP contribution in [0.2, 0.25) is 0 Å². The van der Waals surface area contributed by atoms with Crippen LogP contribution in [0.25, 0.3) is 0 Å². The number of carbonyl (C=O) groups is 1. The summed E-state index contributed by atoms with van der Waals surface area (Å²) in [5.41, 5.74) is 1.11. The molecular formula is C14H22N2O3. The number of unbranched alkanes of at least 4 members (excludes halogenated alkanes) is 1. The first-order valence-electron chi connectivity index (χ1n) is 6.64. The number of aryl methyl sites for hydroxylation is 1. The molecule has 0 spiro atoms. The van der Waals surface area contributed by atoms with Crippen molar-refractivity contribution in [2.24, 2.45) is 0 Å². The Morgan fingerprint density at radius 1 is 1.42 bits per heavy atom. The zero-order valence-electron chi connectivity index (χ0n) is 11.6. The molecule has 0 bridgehead atoms. The second-order valence-corrected chi connectivity index (χ2v) is 4.41. The van der Waals surface area contributed by atoms with E-state index >= 15 is 0 Å². The molecule has 2 N–H and O–H groups in total. The fourth-order valence-corrected chi connectivity index (χ4v) is 1.77. The van der Waals surface area contributed by atoms with Crippen molar-refractivity contribution < 1.29 is 14.6 Å². The van der Waals surface area contributed by atoms with Crippen LogP contribution in [0.1, 0.15) is 42.2 Å². The van der Waals surface area contributed by atoms with Crippen LogP contribution in [0.15, 0.2) is 12.1 Å². The largest absolute Gasteiger partial charge is 0.478 e. The fraction of sp³-hybridized carbons (Fsp3) is 0.571. The molecule has 0 aliphatic rings. The van der Waals surface area contributed by atoms with Gasteiger partial charge in [-0.25, -0.2) is 9.78 Å². The third-order valence-corrected chi connectivity index (χ3v) is 2.71. The molecular weight excluding hydrogens is 244 g/mol. The van der Waals surface area contributed by atoms with Crippen LogP contribution in [0.3, 0.4) is 0 Å². The second kappa shape index (κ2) is 8.48. The molecule has 19 heavy (non-hydrogen) atoms. The van der Waals surface area contributed by atoms with Crippen molar-refractivity contribution in [2.45, 2.75) is 32.6 Å². The molecule has 1 aromatic rings. The smallest absolute Gasteiger partial charge is 0.335 e. The third-order valence-electron chi connectivity index (χ3n) is 2.71. The minimum Gasteiger partial charge on any atom is -0.478 e. The Kier molecular flexibility index (Phi) is 6.89. The van der Waals surface area contributed by atoms with Crippen LogP contribution < -0.4 is 5.32 Å². The molecule has 106 valence electrons. The Morgan fingerprint density at radius 2 is 2.21 bits per heavy atom. The van der Waals surface area contributed by atoms with Gasteiger partial charge in [-0.05, 0) is 31.4 Å². The van der Waals surface area contributed by atoms with E-state index in [1.54, 1.807) is 19.2 Å². The van der Waals surface area contributed by atoms with Gasteiger partial charge in [-0.2, -0.15) is 0 Å². The zero-order valence-corrected chi connectivity index (χ0v) is 11.6. The summed E-state index contributed by atoms with van der Waals surface area (Å²) < 4.78 is 4.97. The maximum atomic E-state index is 11.1. The average Bonchev–Trinajstić information content (AvgIpc) is 2.38. The number of aromatic carboxylic acids is 1. The molecule has 0 aliphatic heterocycles. The van der Waals surface area contributed by atoms with E-state index in [0.717, 1.165) is 44.5 Å². The minimum absolute atomic E-state index is 0.290. The highest BCUT2D eigenvalue weighted by Gasteiger charge is 2.07. The number of rotatable bonds is 9. The number of anilines is 1. The van der Waals surface area contributed by atoms with Crippen molar-refractivity contribution in [3.8, 4) is 0 Å². The first-order chi connectivity index (χ1) is 9.17. The number of nitrogens with one attached hydrogen (secondary N) is 1. The van der Waals surface area contributed by atoms with Crippen molar-refractivity contribution in [1.29, 1.82) is 0 Å². The lowest BCUT2D eigenvalue weighted by molar-refractivity contribution is 0.0696. The Bertz CT molecular complexity index is 408. The molecule has 0 atom stereocenters. The van der Waals surface area contributed by atoms with E-state index in [2.05, 4.69) is 10.3 Å². The second-order valence-electron chi connectivity index (χ2n) is 4.41. The van der Waals surface area contributed by atoms with Gasteiger partial charge in [-0.3, -0.25) is 0 Å². The summed E-state index contributed by atoms with van der Waals surface area (Å²) >= 11 is 0. The van der Waals surface area contributed by atoms with Gasteiger partial charge in [0.05, 0.1) is 5.56 Å². The number of carboxylic acid groups (broad SMARTS) is 1. The van der Waals surface area contributed by atoms with E-state index in [9.17, 15) is 4.79 Å². The van der Waals surface area contributed by atoms with Crippen LogP contribution in [-0.2, 0) is 11.2 Å². The summed E-state index contributed by atoms with van der Waals surface area (Å²) in [7, 11) is 1.68. The van der Waals surface area contributed by atoms with Gasteiger partial charge in [-0.15, -0.1) is 0 Å². The molecule has 0 amide bonds. The average molecular weight is 266 g/mol. The van der Waals surface area contributed by atoms with Gasteiger partial charge < -0.3 is 15.2 Å². The summed E-state index contributed by atoms with van der Waals surface area (Å²) in [6, 6.07) is 3.22. The van der Waals surface area contributed by atoms with Crippen molar-refractivity contribution in [3.05, 3.63) is 23.4 Å². The van der Waals surface area contributed by atoms with Gasteiger partial charge >= 0.3 is 5.97 Å². The first kappa shape index (κ1) is 15.4. The Hall–Kier alpha value is -1.62. The highest BCUT2D eigenvalue weighted by atomic mass is 16.5. The molecule has 0 unspecified atom stereocenters. The molecule has 5 heteroatoms. The van der Waals surface area contributed by atoms with Gasteiger partial charge in [0.25, 0.3) is 0 Å². The lowest BCUT2D eigenvalue weighted by atomic mass is 10.1. The fourth-order valence-electron chi connectivity index (χ4n) is 1.77. The predicted octanol–water partition coefficient (Wildman–Crippen LogP) is 2.57. The number of methoxy groups -OCH3 is 1. The zero-order chi connectivity index (χ0) is 14.1. The Labute approximate surface area is 114 Å². The van der Waals surface area contributed by atoms with E-state index in [-0.39, 0.29) is 5.56 Å². The number of aromatic nitrogens is 1. The normalized spacial score (nSPS) is 10.4. The predicted molar refractivity (Wildman–Crippen MR) is 74.8 cm³/mol. The van der Waals surface area contributed by atoms with Gasteiger partial charge in [-0.1, -0.05) is 13.3 Å². The van der Waals surface area contributed by atoms with Crippen molar-refractivity contribution in [1.82, 2.24) is 4.98 Å². The summed E-state index contributed by atoms with van der Waals surface area (Å²) in [5.74, 6) is -0.275. The minimum atomic E-state index is -0.915. The van der Waals surface area contributed by atoms with Crippen molar-refractivity contribution >= 4 is 11.8 Å². The van der Waals surface area contributed by atoms with Crippen LogP contribution >= 0.6 is 0 Å². The number of ether oxygens (including phenoxy) is 1. The maximum Gasteiger partial charge on any atom is 0.335 e. The molecule has 0 fully saturated rings. The third kappa shape index (κ3) is 5.70. The lowest BCUT2D eigenvalue weighted by Gasteiger charge is -2.09. The molecule has 0 aliphatic carbocycles. The molecule has 1 rings (SSSR count). The van der Waals surface area contributed by atoms with E-state index in [0.29, 0.717) is 5.82 Å². The molecule has 0 saturated heterocycles. The van der Waals surface area contributed by atoms with Gasteiger partial charge in [0, 0.05) is 26.0 Å². The van der Waals surface area contributed by atoms with Crippen LogP contribution in [-0.4, -0.2) is 36.3 Å². The molecule has 1 aromatic heterocycles. The summed E-state index contributed by atoms with van der Waals surface area (Å²) in [6.45, 7) is 3.56. The number of pyridine rings is 1. The van der Waals surface area contributed by atoms with Crippen LogP contribution in [0.5, 0.6) is 0 Å². The quantitative estimate of drug-likeness (QED) is 0.672. The highest BCUT2D eigenvalue weighted by molar-refractivity contribution is 5.88. The number of carboxylic acids is 1. The highest BCUT2D eigenvalue weighted by Crippen LogP contribution is 2.12. The summed E-state index contributed by atoms with van der Waals surface area (Å²) in [6.07, 6.45) is 3.68. The van der Waals surface area contributed by atoms with E-state index in [1.807, 2.05) is 6.92 Å². The van der Waals surface area contributed by atoms with Crippen molar-refractivity contribution in [2.75, 3.05) is 25.6 Å². The molecule has 1 heterocycles. The number of hydrogen-bond donors (Lipinski definition) is 2. The number of nitrogens with zero attached hydrogens (tertiary/aromatic N) is 1. The summed E-state index contributed by atoms with van der Waals surface area (Å²) in [5, 5.41) is 12.2. The Balaban J connectivity index is 2.62. The van der Waals surface area contributed by atoms with Gasteiger partial charge in [0.15, 0.2) is 0 Å². The molecule has 0 saturated carbocycles. The monoisotopic (exact) mass is 266 g/mol.